The zero-order valence-electron chi connectivity index (χ0n) is 49.3. The van der Waals surface area contributed by atoms with Crippen LogP contribution in [0.25, 0.3) is 128 Å². The molecule has 90 heavy (non-hydrogen) atoms. The van der Waals surface area contributed by atoms with E-state index in [0.717, 1.165) is 45.1 Å². The first-order valence-electron chi connectivity index (χ1n) is 31.1. The highest BCUT2D eigenvalue weighted by atomic mass is 15.1. The maximum atomic E-state index is 4.20. The number of benzene rings is 14. The topological polar surface area (TPSA) is 13.1 Å². The van der Waals surface area contributed by atoms with Crippen molar-refractivity contribution in [2.24, 2.45) is 0 Å². The van der Waals surface area contributed by atoms with Crippen LogP contribution in [-0.4, -0.2) is 9.13 Å². The van der Waals surface area contributed by atoms with Crippen molar-refractivity contribution in [3.8, 4) is 78.1 Å². The molecule has 0 radical (unpaired) electrons. The molecule has 1 unspecified atom stereocenters. The number of hydrogen-bond acceptors (Lipinski definition) is 1. The summed E-state index contributed by atoms with van der Waals surface area (Å²) in [6.45, 7) is 4.20. The number of aromatic nitrogens is 2. The van der Waals surface area contributed by atoms with Crippen LogP contribution < -0.4 is 4.90 Å². The second-order valence-corrected chi connectivity index (χ2v) is 24.0. The molecule has 1 atom stereocenters. The SMILES string of the molecule is C=Cc1ccccc1-c1ccc2c(c1)C1(c3ccccc3-c3ccc(-c4cccc(-n5c6ccccc6c6cc(-c7ccc(N(c8ccc(-c9ccccc9)cc8)c8ccc9c%10ccccc%10n(-c%10ccccc%10)c9c8)cc7)ccc65)c4)cc31)c1ccccc1-2. The molecule has 3 heteroatoms. The Kier molecular flexibility index (Phi) is 11.7. The van der Waals surface area contributed by atoms with Crippen molar-refractivity contribution in [3.63, 3.8) is 0 Å². The lowest BCUT2D eigenvalue weighted by Gasteiger charge is -2.31. The fourth-order valence-corrected chi connectivity index (χ4v) is 15.3. The Balaban J connectivity index is 0.727. The van der Waals surface area contributed by atoms with E-state index >= 15 is 0 Å². The Morgan fingerprint density at radius 3 is 1.37 bits per heavy atom. The predicted octanol–water partition coefficient (Wildman–Crippen LogP) is 23.0. The lowest BCUT2D eigenvalue weighted by atomic mass is 9.70. The summed E-state index contributed by atoms with van der Waals surface area (Å²) in [7, 11) is 0. The van der Waals surface area contributed by atoms with Crippen molar-refractivity contribution in [1.29, 1.82) is 0 Å². The zero-order chi connectivity index (χ0) is 59.4. The lowest BCUT2D eigenvalue weighted by molar-refractivity contribution is 0.794. The van der Waals surface area contributed by atoms with Crippen molar-refractivity contribution >= 4 is 66.7 Å². The lowest BCUT2D eigenvalue weighted by Crippen LogP contribution is -2.26. The number of anilines is 3. The van der Waals surface area contributed by atoms with Crippen LogP contribution in [0.4, 0.5) is 17.1 Å². The summed E-state index contributed by atoms with van der Waals surface area (Å²) in [5.74, 6) is 0. The van der Waals surface area contributed by atoms with Crippen LogP contribution in [0.5, 0.6) is 0 Å². The summed E-state index contributed by atoms with van der Waals surface area (Å²) in [5, 5.41) is 4.89. The minimum absolute atomic E-state index is 0.509. The van der Waals surface area contributed by atoms with E-state index in [1.54, 1.807) is 0 Å². The van der Waals surface area contributed by atoms with Gasteiger partial charge in [-0.05, 0) is 192 Å². The average Bonchev–Trinajstić information content (AvgIpc) is 1.56. The smallest absolute Gasteiger partial charge is 0.0725 e. The van der Waals surface area contributed by atoms with E-state index in [0.29, 0.717) is 0 Å². The van der Waals surface area contributed by atoms with Gasteiger partial charge in [0.1, 0.15) is 0 Å². The Labute approximate surface area is 523 Å². The summed E-state index contributed by atoms with van der Waals surface area (Å²) in [6.07, 6.45) is 1.97. The molecule has 2 aromatic heterocycles. The van der Waals surface area contributed by atoms with Crippen LogP contribution in [0.15, 0.2) is 334 Å². The van der Waals surface area contributed by atoms with Crippen LogP contribution in [0.2, 0.25) is 0 Å². The molecule has 16 aromatic rings. The minimum atomic E-state index is -0.509. The fraction of sp³-hybridized carbons (Fsp3) is 0.0115. The van der Waals surface area contributed by atoms with E-state index in [1.165, 1.54) is 122 Å². The van der Waals surface area contributed by atoms with Gasteiger partial charge in [-0.1, -0.05) is 243 Å². The molecule has 2 heterocycles. The van der Waals surface area contributed by atoms with Crippen molar-refractivity contribution in [2.75, 3.05) is 4.90 Å². The first-order chi connectivity index (χ1) is 44.6. The van der Waals surface area contributed by atoms with Crippen LogP contribution in [0, 0.1) is 0 Å². The molecule has 3 nitrogen and oxygen atoms in total. The van der Waals surface area contributed by atoms with Crippen molar-refractivity contribution in [3.05, 3.63) is 362 Å². The summed E-state index contributed by atoms with van der Waals surface area (Å²) < 4.78 is 4.85. The number of rotatable bonds is 10. The third-order valence-corrected chi connectivity index (χ3v) is 19.3. The molecule has 0 bridgehead atoms. The highest BCUT2D eigenvalue weighted by Crippen LogP contribution is 2.63. The molecule has 0 amide bonds. The third-order valence-electron chi connectivity index (χ3n) is 19.3. The van der Waals surface area contributed by atoms with Crippen LogP contribution in [0.1, 0.15) is 27.8 Å². The van der Waals surface area contributed by atoms with Gasteiger partial charge in [-0.2, -0.15) is 0 Å². The third kappa shape index (κ3) is 7.79. The molecule has 2 aliphatic carbocycles. The molecular formula is C87H57N3. The fourth-order valence-electron chi connectivity index (χ4n) is 15.3. The molecule has 14 aromatic carbocycles. The number of fused-ring (bicyclic) bond motifs is 16. The summed E-state index contributed by atoms with van der Waals surface area (Å²) >= 11 is 0. The van der Waals surface area contributed by atoms with Gasteiger partial charge in [0.05, 0.1) is 27.5 Å². The van der Waals surface area contributed by atoms with E-state index in [-0.39, 0.29) is 0 Å². The van der Waals surface area contributed by atoms with E-state index in [4.69, 9.17) is 0 Å². The maximum absolute atomic E-state index is 4.20. The Morgan fingerprint density at radius 1 is 0.256 bits per heavy atom. The highest BCUT2D eigenvalue weighted by molar-refractivity contribution is 6.12. The summed E-state index contributed by atoms with van der Waals surface area (Å²) in [5.41, 5.74) is 30.7. The molecule has 1 spiro atoms. The van der Waals surface area contributed by atoms with Gasteiger partial charge in [0.25, 0.3) is 0 Å². The van der Waals surface area contributed by atoms with Crippen molar-refractivity contribution < 1.29 is 0 Å². The molecule has 0 saturated carbocycles. The zero-order valence-corrected chi connectivity index (χ0v) is 49.3. The molecular weight excluding hydrogens is 1090 g/mol. The van der Waals surface area contributed by atoms with Gasteiger partial charge in [0.15, 0.2) is 0 Å². The molecule has 0 N–H and O–H groups in total. The minimum Gasteiger partial charge on any atom is -0.310 e. The largest absolute Gasteiger partial charge is 0.310 e. The first-order valence-corrected chi connectivity index (χ1v) is 31.1. The normalized spacial score (nSPS) is 13.6. The van der Waals surface area contributed by atoms with Crippen LogP contribution >= 0.6 is 0 Å². The number of nitrogens with zero attached hydrogens (tertiary/aromatic N) is 3. The second kappa shape index (κ2) is 20.4. The van der Waals surface area contributed by atoms with E-state index in [2.05, 4.69) is 348 Å². The quantitative estimate of drug-likeness (QED) is 0.133. The molecule has 0 fully saturated rings. The van der Waals surface area contributed by atoms with Crippen molar-refractivity contribution in [2.45, 2.75) is 5.41 Å². The van der Waals surface area contributed by atoms with E-state index in [9.17, 15) is 0 Å². The van der Waals surface area contributed by atoms with Gasteiger partial charge in [0.2, 0.25) is 0 Å². The van der Waals surface area contributed by atoms with Gasteiger partial charge >= 0.3 is 0 Å². The average molecular weight is 1140 g/mol. The predicted molar refractivity (Wildman–Crippen MR) is 378 cm³/mol. The Hall–Kier alpha value is -11.8. The Bertz CT molecular complexity index is 5540. The van der Waals surface area contributed by atoms with Crippen LogP contribution in [-0.2, 0) is 5.41 Å². The summed E-state index contributed by atoms with van der Waals surface area (Å²) in [4.78, 5) is 2.39. The van der Waals surface area contributed by atoms with Gasteiger partial charge in [0, 0.05) is 50.0 Å². The highest BCUT2D eigenvalue weighted by Gasteiger charge is 2.52. The standard InChI is InChI=1S/C87H57N3/c1-2-57-20-9-10-27-70(57)64-41-49-74-72-29-12-16-33-80(72)87(82(74)55-64)79-32-15-11-28-71(79)73-48-40-63(54-81(73)87)61-23-19-26-68(52-61)90-84-35-18-14-31-76(84)78-53-62(42-51-85(78)90)60-38-45-67(46-39-60)88(66-43-36-59(37-44-66)58-21-5-3-6-22-58)69-47-50-77-75-30-13-17-34-83(75)89(86(77)56-69)65-24-7-4-8-25-65/h2-56H,1H2. The molecule has 18 rings (SSSR count). The number of hydrogen-bond donors (Lipinski definition) is 0. The van der Waals surface area contributed by atoms with Gasteiger partial charge in [-0.3, -0.25) is 0 Å². The molecule has 0 saturated heterocycles. The van der Waals surface area contributed by atoms with E-state index in [1.807, 2.05) is 6.08 Å². The van der Waals surface area contributed by atoms with Gasteiger partial charge < -0.3 is 14.0 Å². The summed E-state index contributed by atoms with van der Waals surface area (Å²) in [6, 6.07) is 121. The van der Waals surface area contributed by atoms with E-state index < -0.39 is 5.41 Å². The van der Waals surface area contributed by atoms with Crippen molar-refractivity contribution in [1.82, 2.24) is 9.13 Å². The molecule has 420 valence electrons. The Morgan fingerprint density at radius 2 is 0.689 bits per heavy atom. The number of para-hydroxylation sites is 3. The van der Waals surface area contributed by atoms with Gasteiger partial charge in [-0.25, -0.2) is 0 Å². The van der Waals surface area contributed by atoms with Gasteiger partial charge in [-0.15, -0.1) is 0 Å². The monoisotopic (exact) mass is 1140 g/mol. The molecule has 2 aliphatic rings. The van der Waals surface area contributed by atoms with Crippen LogP contribution in [0.3, 0.4) is 0 Å². The second-order valence-electron chi connectivity index (χ2n) is 24.0. The maximum Gasteiger partial charge on any atom is 0.0725 e. The first kappa shape index (κ1) is 51.4. The molecule has 0 aliphatic heterocycles.